The lowest BCUT2D eigenvalue weighted by Crippen LogP contribution is -2.12. The van der Waals surface area contributed by atoms with Gasteiger partial charge in [-0.25, -0.2) is 4.79 Å². The molecule has 0 saturated carbocycles. The van der Waals surface area contributed by atoms with Crippen LogP contribution in [0.3, 0.4) is 0 Å². The Morgan fingerprint density at radius 1 is 1.62 bits per heavy atom. The second-order valence-corrected chi connectivity index (χ2v) is 3.13. The zero-order valence-electron chi connectivity index (χ0n) is 8.08. The molecule has 0 spiro atoms. The Hall–Kier alpha value is -1.05. The highest BCUT2D eigenvalue weighted by atomic mass is 16.5. The molecule has 0 saturated heterocycles. The van der Waals surface area contributed by atoms with Gasteiger partial charge in [-0.1, -0.05) is 38.0 Å². The fourth-order valence-electron chi connectivity index (χ4n) is 1.20. The third-order valence-corrected chi connectivity index (χ3v) is 1.97. The molecule has 0 unspecified atom stereocenters. The van der Waals surface area contributed by atoms with Gasteiger partial charge < -0.3 is 4.74 Å². The minimum atomic E-state index is -0.181. The molecule has 0 amide bonds. The third-order valence-electron chi connectivity index (χ3n) is 1.97. The van der Waals surface area contributed by atoms with E-state index in [1.165, 1.54) is 12.8 Å². The van der Waals surface area contributed by atoms with Crippen LogP contribution in [0.2, 0.25) is 0 Å². The molecule has 13 heavy (non-hydrogen) atoms. The molecule has 1 aliphatic rings. The number of esters is 1. The fourth-order valence-corrected chi connectivity index (χ4v) is 1.20. The summed E-state index contributed by atoms with van der Waals surface area (Å²) in [6, 6.07) is 0. The summed E-state index contributed by atoms with van der Waals surface area (Å²) in [6.45, 7) is 2.69. The molecule has 2 heteroatoms. The van der Waals surface area contributed by atoms with E-state index in [1.807, 2.05) is 18.2 Å². The summed E-state index contributed by atoms with van der Waals surface area (Å²) in [7, 11) is 0. The minimum absolute atomic E-state index is 0.181. The first-order valence-electron chi connectivity index (χ1n) is 4.88. The van der Waals surface area contributed by atoms with Crippen LogP contribution in [0.15, 0.2) is 23.8 Å². The Kier molecular flexibility index (Phi) is 4.30. The van der Waals surface area contributed by atoms with Crippen LogP contribution >= 0.6 is 0 Å². The average molecular weight is 180 g/mol. The smallest absolute Gasteiger partial charge is 0.337 e. The normalized spacial score (nSPS) is 17.3. The molecule has 0 aliphatic carbocycles. The number of ether oxygens (including phenoxy) is 1. The highest BCUT2D eigenvalue weighted by molar-refractivity contribution is 5.92. The Morgan fingerprint density at radius 3 is 3.15 bits per heavy atom. The number of cyclic esters (lactones) is 1. The van der Waals surface area contributed by atoms with Gasteiger partial charge in [-0.3, -0.25) is 0 Å². The van der Waals surface area contributed by atoms with Gasteiger partial charge in [-0.15, -0.1) is 0 Å². The van der Waals surface area contributed by atoms with Crippen LogP contribution in [0.1, 0.15) is 32.6 Å². The second kappa shape index (κ2) is 5.57. The van der Waals surface area contributed by atoms with E-state index in [9.17, 15) is 4.79 Å². The van der Waals surface area contributed by atoms with Crippen LogP contribution in [0, 0.1) is 0 Å². The maximum absolute atomic E-state index is 11.1. The summed E-state index contributed by atoms with van der Waals surface area (Å²) in [4.78, 5) is 11.1. The van der Waals surface area contributed by atoms with Gasteiger partial charge in [0.05, 0.1) is 12.2 Å². The summed E-state index contributed by atoms with van der Waals surface area (Å²) < 4.78 is 4.89. The van der Waals surface area contributed by atoms with Crippen LogP contribution < -0.4 is 0 Å². The minimum Gasteiger partial charge on any atom is -0.462 e. The van der Waals surface area contributed by atoms with E-state index in [2.05, 4.69) is 6.92 Å². The summed E-state index contributed by atoms with van der Waals surface area (Å²) in [5.41, 5.74) is 0.711. The summed E-state index contributed by atoms with van der Waals surface area (Å²) in [6.07, 6.45) is 10.1. The van der Waals surface area contributed by atoms with Crippen molar-refractivity contribution in [2.45, 2.75) is 32.6 Å². The molecule has 0 aromatic heterocycles. The first kappa shape index (κ1) is 10.0. The maximum Gasteiger partial charge on any atom is 0.337 e. The Bertz CT molecular complexity index is 226. The summed E-state index contributed by atoms with van der Waals surface area (Å²) >= 11 is 0. The molecular formula is C11H16O2. The molecule has 0 fully saturated rings. The molecular weight excluding hydrogens is 164 g/mol. The van der Waals surface area contributed by atoms with Crippen LogP contribution in [-0.2, 0) is 9.53 Å². The highest BCUT2D eigenvalue weighted by Crippen LogP contribution is 2.09. The third kappa shape index (κ3) is 3.45. The number of hydrogen-bond acceptors (Lipinski definition) is 2. The molecule has 1 heterocycles. The molecule has 0 bridgehead atoms. The lowest BCUT2D eigenvalue weighted by atomic mass is 10.1. The molecule has 0 radical (unpaired) electrons. The largest absolute Gasteiger partial charge is 0.462 e. The van der Waals surface area contributed by atoms with E-state index in [0.29, 0.717) is 12.2 Å². The van der Waals surface area contributed by atoms with Gasteiger partial charge in [-0.2, -0.15) is 0 Å². The first-order chi connectivity index (χ1) is 6.34. The van der Waals surface area contributed by atoms with Crippen molar-refractivity contribution in [3.63, 3.8) is 0 Å². The van der Waals surface area contributed by atoms with Crippen molar-refractivity contribution in [2.24, 2.45) is 0 Å². The fraction of sp³-hybridized carbons (Fsp3) is 0.545. The van der Waals surface area contributed by atoms with E-state index in [-0.39, 0.29) is 5.97 Å². The van der Waals surface area contributed by atoms with Crippen molar-refractivity contribution < 1.29 is 9.53 Å². The van der Waals surface area contributed by atoms with Crippen LogP contribution in [0.4, 0.5) is 0 Å². The SMILES string of the molecule is CCCCC=CC1=CCCOC1=O. The van der Waals surface area contributed by atoms with Gasteiger partial charge in [0.25, 0.3) is 0 Å². The Morgan fingerprint density at radius 2 is 2.46 bits per heavy atom. The van der Waals surface area contributed by atoms with E-state index >= 15 is 0 Å². The molecule has 0 atom stereocenters. The van der Waals surface area contributed by atoms with Gasteiger partial charge >= 0.3 is 5.97 Å². The van der Waals surface area contributed by atoms with Crippen molar-refractivity contribution in [1.82, 2.24) is 0 Å². The molecule has 1 aliphatic heterocycles. The van der Waals surface area contributed by atoms with Gasteiger partial charge in [-0.05, 0) is 6.42 Å². The Labute approximate surface area is 79.3 Å². The van der Waals surface area contributed by atoms with E-state index < -0.39 is 0 Å². The molecule has 0 aromatic rings. The standard InChI is InChI=1S/C11H16O2/c1-2-3-4-5-7-10-8-6-9-13-11(10)12/h5,7-8H,2-4,6,9H2,1H3. The van der Waals surface area contributed by atoms with E-state index in [0.717, 1.165) is 12.8 Å². The molecule has 2 nitrogen and oxygen atoms in total. The lowest BCUT2D eigenvalue weighted by molar-refractivity contribution is -0.139. The maximum atomic E-state index is 11.1. The van der Waals surface area contributed by atoms with Gasteiger partial charge in [0.1, 0.15) is 0 Å². The van der Waals surface area contributed by atoms with Crippen LogP contribution in [-0.4, -0.2) is 12.6 Å². The second-order valence-electron chi connectivity index (χ2n) is 3.13. The van der Waals surface area contributed by atoms with Crippen molar-refractivity contribution in [3.8, 4) is 0 Å². The topological polar surface area (TPSA) is 26.3 Å². The first-order valence-corrected chi connectivity index (χ1v) is 4.88. The quantitative estimate of drug-likeness (QED) is 0.491. The zero-order valence-corrected chi connectivity index (χ0v) is 8.08. The molecule has 0 aromatic carbocycles. The number of rotatable bonds is 4. The zero-order chi connectivity index (χ0) is 9.52. The highest BCUT2D eigenvalue weighted by Gasteiger charge is 2.10. The van der Waals surface area contributed by atoms with Gasteiger partial charge in [0, 0.05) is 6.42 Å². The van der Waals surface area contributed by atoms with Crippen molar-refractivity contribution in [1.29, 1.82) is 0 Å². The predicted molar refractivity (Wildman–Crippen MR) is 52.3 cm³/mol. The van der Waals surface area contributed by atoms with E-state index in [1.54, 1.807) is 0 Å². The summed E-state index contributed by atoms with van der Waals surface area (Å²) in [5.74, 6) is -0.181. The molecule has 1 rings (SSSR count). The van der Waals surface area contributed by atoms with Crippen LogP contribution in [0.5, 0.6) is 0 Å². The number of unbranched alkanes of at least 4 members (excludes halogenated alkanes) is 2. The summed E-state index contributed by atoms with van der Waals surface area (Å²) in [5, 5.41) is 0. The van der Waals surface area contributed by atoms with Gasteiger partial charge in [0.15, 0.2) is 0 Å². The van der Waals surface area contributed by atoms with E-state index in [4.69, 9.17) is 4.74 Å². The van der Waals surface area contributed by atoms with Gasteiger partial charge in [0.2, 0.25) is 0 Å². The van der Waals surface area contributed by atoms with Crippen molar-refractivity contribution in [3.05, 3.63) is 23.8 Å². The van der Waals surface area contributed by atoms with Crippen molar-refractivity contribution >= 4 is 5.97 Å². The molecule has 72 valence electrons. The number of carbonyl (C=O) groups is 1. The monoisotopic (exact) mass is 180 g/mol. The lowest BCUT2D eigenvalue weighted by Gasteiger charge is -2.09. The number of carbonyl (C=O) groups excluding carboxylic acids is 1. The van der Waals surface area contributed by atoms with Crippen LogP contribution in [0.25, 0.3) is 0 Å². The predicted octanol–water partition coefficient (Wildman–Crippen LogP) is 2.61. The average Bonchev–Trinajstić information content (AvgIpc) is 2.15. The number of allylic oxidation sites excluding steroid dienone is 1. The molecule has 0 N–H and O–H groups in total. The number of hydrogen-bond donors (Lipinski definition) is 0. The Balaban J connectivity index is 2.38. The van der Waals surface area contributed by atoms with Crippen molar-refractivity contribution in [2.75, 3.05) is 6.61 Å².